The molecule has 1 aromatic heterocycles. The number of hydrogen-bond acceptors (Lipinski definition) is 5. The molecule has 3 N–H and O–H groups in total. The van der Waals surface area contributed by atoms with Gasteiger partial charge in [-0.3, -0.25) is 4.57 Å². The standard InChI is InChI=1S/C17H18N3O4P/c1-24-14-6-7-15-16(8-14)19-11-20-17(15)18-9-12-2-4-13(5-3-12)10-25(21,22)23/h2-8,11H,9-10H2,1H3,(H,18,19,20)(H2,21,22,23). The van der Waals surface area contributed by atoms with Gasteiger partial charge < -0.3 is 19.8 Å². The lowest BCUT2D eigenvalue weighted by Gasteiger charge is -2.10. The van der Waals surface area contributed by atoms with Gasteiger partial charge in [0, 0.05) is 18.0 Å². The van der Waals surface area contributed by atoms with Gasteiger partial charge in [-0.1, -0.05) is 24.3 Å². The lowest BCUT2D eigenvalue weighted by molar-refractivity contribution is 0.371. The van der Waals surface area contributed by atoms with Crippen molar-refractivity contribution in [3.8, 4) is 5.75 Å². The Morgan fingerprint density at radius 3 is 2.48 bits per heavy atom. The minimum absolute atomic E-state index is 0.251. The maximum absolute atomic E-state index is 11.0. The van der Waals surface area contributed by atoms with E-state index in [-0.39, 0.29) is 6.16 Å². The summed E-state index contributed by atoms with van der Waals surface area (Å²) in [6.45, 7) is 0.536. The second kappa shape index (κ2) is 7.19. The van der Waals surface area contributed by atoms with Gasteiger partial charge in [-0.05, 0) is 23.3 Å². The van der Waals surface area contributed by atoms with Gasteiger partial charge in [0.25, 0.3) is 0 Å². The Morgan fingerprint density at radius 1 is 1.08 bits per heavy atom. The average molecular weight is 359 g/mol. The molecular weight excluding hydrogens is 341 g/mol. The molecule has 8 heteroatoms. The normalized spacial score (nSPS) is 11.5. The Balaban J connectivity index is 1.73. The molecule has 2 aromatic carbocycles. The van der Waals surface area contributed by atoms with E-state index in [1.165, 1.54) is 6.33 Å². The summed E-state index contributed by atoms with van der Waals surface area (Å²) in [7, 11) is -2.43. The van der Waals surface area contributed by atoms with Crippen LogP contribution in [0.2, 0.25) is 0 Å². The predicted octanol–water partition coefficient (Wildman–Crippen LogP) is 2.93. The summed E-state index contributed by atoms with van der Waals surface area (Å²) in [4.78, 5) is 26.5. The van der Waals surface area contributed by atoms with Crippen LogP contribution in [-0.4, -0.2) is 26.9 Å². The highest BCUT2D eigenvalue weighted by Gasteiger charge is 2.13. The Bertz CT molecular complexity index is 925. The van der Waals surface area contributed by atoms with E-state index in [0.29, 0.717) is 17.9 Å². The van der Waals surface area contributed by atoms with Gasteiger partial charge in [-0.15, -0.1) is 0 Å². The van der Waals surface area contributed by atoms with Crippen molar-refractivity contribution in [2.24, 2.45) is 0 Å². The molecule has 130 valence electrons. The van der Waals surface area contributed by atoms with E-state index < -0.39 is 7.60 Å². The molecule has 0 aliphatic rings. The highest BCUT2D eigenvalue weighted by Crippen LogP contribution is 2.38. The zero-order valence-corrected chi connectivity index (χ0v) is 14.5. The van der Waals surface area contributed by atoms with E-state index in [4.69, 9.17) is 14.5 Å². The molecule has 1 heterocycles. The minimum Gasteiger partial charge on any atom is -0.497 e. The number of nitrogens with zero attached hydrogens (tertiary/aromatic N) is 2. The number of rotatable bonds is 6. The largest absolute Gasteiger partial charge is 0.497 e. The van der Waals surface area contributed by atoms with E-state index in [1.54, 1.807) is 19.2 Å². The quantitative estimate of drug-likeness (QED) is 0.581. The molecule has 0 atom stereocenters. The third-order valence-electron chi connectivity index (χ3n) is 3.72. The van der Waals surface area contributed by atoms with Crippen LogP contribution in [0.1, 0.15) is 11.1 Å². The summed E-state index contributed by atoms with van der Waals surface area (Å²) in [5.74, 6) is 1.45. The number of aromatic nitrogens is 2. The zero-order chi connectivity index (χ0) is 17.9. The van der Waals surface area contributed by atoms with Crippen LogP contribution in [0.3, 0.4) is 0 Å². The molecule has 0 amide bonds. The fourth-order valence-electron chi connectivity index (χ4n) is 2.49. The molecule has 3 aromatic rings. The second-order valence-electron chi connectivity index (χ2n) is 5.60. The molecule has 7 nitrogen and oxygen atoms in total. The first kappa shape index (κ1) is 17.4. The van der Waals surface area contributed by atoms with Gasteiger partial charge in [0.05, 0.1) is 18.8 Å². The van der Waals surface area contributed by atoms with Crippen LogP contribution in [0.25, 0.3) is 10.9 Å². The third kappa shape index (κ3) is 4.54. The summed E-state index contributed by atoms with van der Waals surface area (Å²) in [6, 6.07) is 12.7. The molecule has 0 saturated heterocycles. The van der Waals surface area contributed by atoms with Crippen molar-refractivity contribution in [1.82, 2.24) is 9.97 Å². The molecule has 25 heavy (non-hydrogen) atoms. The van der Waals surface area contributed by atoms with Crippen molar-refractivity contribution in [1.29, 1.82) is 0 Å². The first-order valence-electron chi connectivity index (χ1n) is 7.59. The van der Waals surface area contributed by atoms with Crippen LogP contribution in [-0.2, 0) is 17.3 Å². The number of hydrogen-bond donors (Lipinski definition) is 3. The molecule has 0 saturated carbocycles. The van der Waals surface area contributed by atoms with E-state index >= 15 is 0 Å². The molecule has 0 unspecified atom stereocenters. The topological polar surface area (TPSA) is 105 Å². The van der Waals surface area contributed by atoms with Gasteiger partial charge in [0.2, 0.25) is 0 Å². The number of ether oxygens (including phenoxy) is 1. The van der Waals surface area contributed by atoms with Crippen molar-refractivity contribution in [3.63, 3.8) is 0 Å². The van der Waals surface area contributed by atoms with E-state index in [9.17, 15) is 4.57 Å². The molecule has 0 bridgehead atoms. The summed E-state index contributed by atoms with van der Waals surface area (Å²) in [5, 5.41) is 4.15. The lowest BCUT2D eigenvalue weighted by atomic mass is 10.1. The SMILES string of the molecule is COc1ccc2c(NCc3ccc(CP(=O)(O)O)cc3)ncnc2c1. The van der Waals surface area contributed by atoms with Gasteiger partial charge in [0.15, 0.2) is 0 Å². The van der Waals surface area contributed by atoms with Gasteiger partial charge in [0.1, 0.15) is 17.9 Å². The number of fused-ring (bicyclic) bond motifs is 1. The fourth-order valence-corrected chi connectivity index (χ4v) is 3.18. The van der Waals surface area contributed by atoms with Crippen LogP contribution < -0.4 is 10.1 Å². The van der Waals surface area contributed by atoms with E-state index in [2.05, 4.69) is 15.3 Å². The number of methoxy groups -OCH3 is 1. The Labute approximate surface area is 144 Å². The summed E-state index contributed by atoms with van der Waals surface area (Å²) in [5.41, 5.74) is 2.38. The van der Waals surface area contributed by atoms with Crippen LogP contribution in [0.5, 0.6) is 5.75 Å². The monoisotopic (exact) mass is 359 g/mol. The van der Waals surface area contributed by atoms with Crippen molar-refractivity contribution in [2.45, 2.75) is 12.7 Å². The Morgan fingerprint density at radius 2 is 1.80 bits per heavy atom. The summed E-state index contributed by atoms with van der Waals surface area (Å²) >= 11 is 0. The summed E-state index contributed by atoms with van der Waals surface area (Å²) < 4.78 is 16.2. The van der Waals surface area contributed by atoms with Gasteiger partial charge in [-0.2, -0.15) is 0 Å². The van der Waals surface area contributed by atoms with Crippen molar-refractivity contribution >= 4 is 24.3 Å². The number of benzene rings is 2. The van der Waals surface area contributed by atoms with Gasteiger partial charge in [-0.25, -0.2) is 9.97 Å². The maximum Gasteiger partial charge on any atom is 0.329 e. The smallest absolute Gasteiger partial charge is 0.329 e. The van der Waals surface area contributed by atoms with Crippen LogP contribution in [0.4, 0.5) is 5.82 Å². The van der Waals surface area contributed by atoms with Crippen LogP contribution in [0.15, 0.2) is 48.8 Å². The van der Waals surface area contributed by atoms with Crippen LogP contribution in [0, 0.1) is 0 Å². The minimum atomic E-state index is -4.04. The van der Waals surface area contributed by atoms with Crippen molar-refractivity contribution < 1.29 is 19.1 Å². The van der Waals surface area contributed by atoms with Gasteiger partial charge >= 0.3 is 7.60 Å². The molecule has 0 aliphatic carbocycles. The molecule has 0 fully saturated rings. The second-order valence-corrected chi connectivity index (χ2v) is 7.24. The number of anilines is 1. The molecular formula is C17H18N3O4P. The van der Waals surface area contributed by atoms with Crippen molar-refractivity contribution in [2.75, 3.05) is 12.4 Å². The lowest BCUT2D eigenvalue weighted by Crippen LogP contribution is -2.03. The van der Waals surface area contributed by atoms with Crippen LogP contribution >= 0.6 is 7.60 Å². The predicted molar refractivity (Wildman–Crippen MR) is 95.6 cm³/mol. The molecule has 0 spiro atoms. The van der Waals surface area contributed by atoms with Crippen molar-refractivity contribution in [3.05, 3.63) is 59.9 Å². The molecule has 0 radical (unpaired) electrons. The highest BCUT2D eigenvalue weighted by atomic mass is 31.2. The fraction of sp³-hybridized carbons (Fsp3) is 0.176. The van der Waals surface area contributed by atoms with E-state index in [1.807, 2.05) is 30.3 Å². The summed E-state index contributed by atoms with van der Waals surface area (Å²) in [6.07, 6.45) is 1.24. The maximum atomic E-state index is 11.0. The zero-order valence-electron chi connectivity index (χ0n) is 13.6. The molecule has 0 aliphatic heterocycles. The highest BCUT2D eigenvalue weighted by molar-refractivity contribution is 7.50. The first-order valence-corrected chi connectivity index (χ1v) is 9.39. The average Bonchev–Trinajstić information content (AvgIpc) is 2.59. The third-order valence-corrected chi connectivity index (χ3v) is 4.49. The Kier molecular flexibility index (Phi) is 4.99. The first-order chi connectivity index (χ1) is 11.9. The number of nitrogens with one attached hydrogen (secondary N) is 1. The van der Waals surface area contributed by atoms with E-state index in [0.717, 1.165) is 22.2 Å². The molecule has 3 rings (SSSR count). The Hall–Kier alpha value is -2.47.